The SMILES string of the molecule is c1ccc2c(c1)nc1c3ccccc3c3ccc(-c4cc5oc6ccc7oc8ccccc8c7c6c5c5oc6ccccc6c45)cc3n21. The molecule has 0 amide bonds. The molecule has 5 heterocycles. The third-order valence-electron chi connectivity index (χ3n) is 10.2. The number of pyridine rings is 1. The zero-order valence-corrected chi connectivity index (χ0v) is 25.3. The lowest BCUT2D eigenvalue weighted by Crippen LogP contribution is -1.92. The monoisotopic (exact) mass is 614 g/mol. The maximum absolute atomic E-state index is 6.79. The first-order valence-corrected chi connectivity index (χ1v) is 16.1. The maximum Gasteiger partial charge on any atom is 0.147 e. The van der Waals surface area contributed by atoms with E-state index in [2.05, 4.69) is 95.4 Å². The molecule has 7 aromatic carbocycles. The maximum atomic E-state index is 6.79. The van der Waals surface area contributed by atoms with E-state index in [-0.39, 0.29) is 0 Å². The molecule has 0 bridgehead atoms. The fourth-order valence-corrected chi connectivity index (χ4v) is 8.15. The van der Waals surface area contributed by atoms with Crippen LogP contribution in [0.15, 0.2) is 147 Å². The van der Waals surface area contributed by atoms with Crippen molar-refractivity contribution in [2.75, 3.05) is 0 Å². The molecule has 0 radical (unpaired) electrons. The van der Waals surface area contributed by atoms with Crippen LogP contribution in [0.4, 0.5) is 0 Å². The Hall–Kier alpha value is -6.59. The van der Waals surface area contributed by atoms with Gasteiger partial charge < -0.3 is 13.3 Å². The summed E-state index contributed by atoms with van der Waals surface area (Å²) in [6.45, 7) is 0. The molecule has 48 heavy (non-hydrogen) atoms. The molecule has 0 atom stereocenters. The second-order valence-electron chi connectivity index (χ2n) is 12.6. The Labute approximate surface area is 270 Å². The molecule has 0 aliphatic rings. The smallest absolute Gasteiger partial charge is 0.147 e. The predicted molar refractivity (Wildman–Crippen MR) is 195 cm³/mol. The molecule has 0 aliphatic carbocycles. The van der Waals surface area contributed by atoms with Gasteiger partial charge in [0.2, 0.25) is 0 Å². The summed E-state index contributed by atoms with van der Waals surface area (Å²) >= 11 is 0. The van der Waals surface area contributed by atoms with Gasteiger partial charge in [-0.25, -0.2) is 4.98 Å². The van der Waals surface area contributed by atoms with Crippen LogP contribution in [-0.2, 0) is 0 Å². The Bertz CT molecular complexity index is 3350. The first kappa shape index (κ1) is 24.6. The van der Waals surface area contributed by atoms with Gasteiger partial charge in [-0.1, -0.05) is 84.9 Å². The van der Waals surface area contributed by atoms with Crippen LogP contribution in [-0.4, -0.2) is 9.38 Å². The third kappa shape index (κ3) is 2.99. The van der Waals surface area contributed by atoms with E-state index in [1.165, 1.54) is 10.8 Å². The number of benzene rings is 7. The van der Waals surface area contributed by atoms with Crippen LogP contribution in [0.3, 0.4) is 0 Å². The summed E-state index contributed by atoms with van der Waals surface area (Å²) < 4.78 is 22.1. The molecule has 12 rings (SSSR count). The number of furan rings is 3. The predicted octanol–water partition coefficient (Wildman–Crippen LogP) is 12.2. The number of rotatable bonds is 1. The van der Waals surface area contributed by atoms with Crippen LogP contribution in [0.5, 0.6) is 0 Å². The second kappa shape index (κ2) is 8.60. The highest BCUT2D eigenvalue weighted by molar-refractivity contribution is 6.33. The summed E-state index contributed by atoms with van der Waals surface area (Å²) in [5.41, 5.74) is 11.2. The molecule has 5 aromatic heterocycles. The minimum Gasteiger partial charge on any atom is -0.456 e. The molecule has 0 fully saturated rings. The average molecular weight is 615 g/mol. The number of para-hydroxylation sites is 4. The van der Waals surface area contributed by atoms with E-state index >= 15 is 0 Å². The van der Waals surface area contributed by atoms with Crippen LogP contribution in [0.2, 0.25) is 0 Å². The molecule has 0 N–H and O–H groups in total. The number of aromatic nitrogens is 2. The molecule has 0 saturated carbocycles. The molecule has 222 valence electrons. The van der Waals surface area contributed by atoms with Crippen LogP contribution in [0, 0.1) is 0 Å². The largest absolute Gasteiger partial charge is 0.456 e. The lowest BCUT2D eigenvalue weighted by molar-refractivity contribution is 0.660. The van der Waals surface area contributed by atoms with Crippen molar-refractivity contribution in [3.8, 4) is 11.1 Å². The van der Waals surface area contributed by atoms with Crippen LogP contribution < -0.4 is 0 Å². The topological polar surface area (TPSA) is 56.7 Å². The minimum absolute atomic E-state index is 0.779. The lowest BCUT2D eigenvalue weighted by atomic mass is 9.94. The first-order valence-electron chi connectivity index (χ1n) is 16.1. The summed E-state index contributed by atoms with van der Waals surface area (Å²) in [6.07, 6.45) is 0. The van der Waals surface area contributed by atoms with Crippen molar-refractivity contribution in [1.82, 2.24) is 9.38 Å². The average Bonchev–Trinajstić information content (AvgIpc) is 3.90. The summed E-state index contributed by atoms with van der Waals surface area (Å²) in [5, 5.41) is 9.72. The van der Waals surface area contributed by atoms with E-state index in [1.807, 2.05) is 42.5 Å². The van der Waals surface area contributed by atoms with E-state index in [1.54, 1.807) is 0 Å². The number of nitrogens with zero attached hydrogens (tertiary/aromatic N) is 2. The van der Waals surface area contributed by atoms with Gasteiger partial charge in [0.1, 0.15) is 39.1 Å². The summed E-state index contributed by atoms with van der Waals surface area (Å²) in [6, 6.07) is 46.4. The zero-order chi connectivity index (χ0) is 31.1. The highest BCUT2D eigenvalue weighted by Crippen LogP contribution is 2.48. The Kier molecular flexibility index (Phi) is 4.41. The molecule has 0 aliphatic heterocycles. The van der Waals surface area contributed by atoms with Crippen molar-refractivity contribution in [2.24, 2.45) is 0 Å². The fourth-order valence-electron chi connectivity index (χ4n) is 8.15. The van der Waals surface area contributed by atoms with Gasteiger partial charge in [-0.3, -0.25) is 4.40 Å². The molecule has 0 spiro atoms. The van der Waals surface area contributed by atoms with Crippen LogP contribution >= 0.6 is 0 Å². The van der Waals surface area contributed by atoms with Crippen molar-refractivity contribution in [3.63, 3.8) is 0 Å². The highest BCUT2D eigenvalue weighted by Gasteiger charge is 2.24. The van der Waals surface area contributed by atoms with E-state index in [0.29, 0.717) is 0 Å². The quantitative estimate of drug-likeness (QED) is 0.173. The third-order valence-corrected chi connectivity index (χ3v) is 10.2. The Morgan fingerprint density at radius 1 is 0.417 bits per heavy atom. The number of hydrogen-bond donors (Lipinski definition) is 0. The number of imidazole rings is 1. The minimum atomic E-state index is 0.779. The van der Waals surface area contributed by atoms with Crippen LogP contribution in [0.25, 0.3) is 115 Å². The van der Waals surface area contributed by atoms with Crippen molar-refractivity contribution in [1.29, 1.82) is 0 Å². The summed E-state index contributed by atoms with van der Waals surface area (Å²) in [7, 11) is 0. The lowest BCUT2D eigenvalue weighted by Gasteiger charge is -2.12. The molecular weight excluding hydrogens is 592 g/mol. The number of fused-ring (bicyclic) bond motifs is 19. The Balaban J connectivity index is 1.26. The first-order chi connectivity index (χ1) is 23.8. The molecule has 0 saturated heterocycles. The van der Waals surface area contributed by atoms with E-state index in [0.717, 1.165) is 105 Å². The van der Waals surface area contributed by atoms with E-state index in [9.17, 15) is 0 Å². The molecule has 12 aromatic rings. The summed E-state index contributed by atoms with van der Waals surface area (Å²) in [4.78, 5) is 5.11. The van der Waals surface area contributed by atoms with Gasteiger partial charge in [-0.15, -0.1) is 0 Å². The van der Waals surface area contributed by atoms with Crippen LogP contribution in [0.1, 0.15) is 0 Å². The van der Waals surface area contributed by atoms with Gasteiger partial charge in [0.25, 0.3) is 0 Å². The van der Waals surface area contributed by atoms with Gasteiger partial charge in [0, 0.05) is 37.7 Å². The van der Waals surface area contributed by atoms with Crippen molar-refractivity contribution in [3.05, 3.63) is 133 Å². The van der Waals surface area contributed by atoms with Crippen molar-refractivity contribution in [2.45, 2.75) is 0 Å². The Morgan fingerprint density at radius 2 is 1.08 bits per heavy atom. The Morgan fingerprint density at radius 3 is 1.94 bits per heavy atom. The molecule has 5 nitrogen and oxygen atoms in total. The standard InChI is InChI=1S/C43H22N2O3/c1-2-10-26-24(9-1)25-18-17-23(21-32(25)45-31-14-6-5-13-30(31)44-43(26)45)29-22-37-41(42-38(29)27-11-3-8-16-34(27)48-42)40-36(47-37)20-19-35-39(40)28-12-4-7-15-33(28)46-35/h1-22H. The van der Waals surface area contributed by atoms with E-state index < -0.39 is 0 Å². The van der Waals surface area contributed by atoms with Gasteiger partial charge >= 0.3 is 0 Å². The van der Waals surface area contributed by atoms with Gasteiger partial charge in [0.15, 0.2) is 0 Å². The molecular formula is C43H22N2O3. The molecule has 0 unspecified atom stereocenters. The van der Waals surface area contributed by atoms with Gasteiger partial charge in [-0.2, -0.15) is 0 Å². The van der Waals surface area contributed by atoms with E-state index in [4.69, 9.17) is 18.2 Å². The number of hydrogen-bond acceptors (Lipinski definition) is 4. The van der Waals surface area contributed by atoms with Crippen molar-refractivity contribution < 1.29 is 13.3 Å². The highest BCUT2D eigenvalue weighted by atomic mass is 16.3. The van der Waals surface area contributed by atoms with Gasteiger partial charge in [-0.05, 0) is 65.0 Å². The van der Waals surface area contributed by atoms with Crippen molar-refractivity contribution >= 4 is 104 Å². The zero-order valence-electron chi connectivity index (χ0n) is 25.3. The summed E-state index contributed by atoms with van der Waals surface area (Å²) in [5.74, 6) is 0. The fraction of sp³-hybridized carbons (Fsp3) is 0. The normalized spacial score (nSPS) is 12.6. The molecule has 5 heteroatoms. The van der Waals surface area contributed by atoms with Gasteiger partial charge in [0.05, 0.1) is 21.9 Å². The second-order valence-corrected chi connectivity index (χ2v) is 12.6.